The lowest BCUT2D eigenvalue weighted by Gasteiger charge is -2.20. The van der Waals surface area contributed by atoms with E-state index in [4.69, 9.17) is 0 Å². The molecule has 4 rings (SSSR count). The highest BCUT2D eigenvalue weighted by Crippen LogP contribution is 2.34. The predicted molar refractivity (Wildman–Crippen MR) is 115 cm³/mol. The predicted octanol–water partition coefficient (Wildman–Crippen LogP) is 2.37. The van der Waals surface area contributed by atoms with Crippen molar-refractivity contribution in [2.24, 2.45) is 0 Å². The topological polar surface area (TPSA) is 86.8 Å². The first-order chi connectivity index (χ1) is 14.2. The van der Waals surface area contributed by atoms with Gasteiger partial charge in [-0.2, -0.15) is 0 Å². The minimum atomic E-state index is -3.69. The summed E-state index contributed by atoms with van der Waals surface area (Å²) in [7, 11) is -3.69. The van der Waals surface area contributed by atoms with Gasteiger partial charge < -0.3 is 9.80 Å². The second-order valence-corrected chi connectivity index (χ2v) is 9.71. The number of carbonyl (C=O) groups excluding carboxylic acids is 2. The van der Waals surface area contributed by atoms with Gasteiger partial charge in [0.05, 0.1) is 4.90 Å². The smallest absolute Gasteiger partial charge is 0.240 e. The molecule has 1 atom stereocenters. The molecule has 0 aliphatic carbocycles. The number of rotatable bonds is 4. The Bertz CT molecular complexity index is 1140. The summed E-state index contributed by atoms with van der Waals surface area (Å²) in [6.07, 6.45) is 1.40. The van der Waals surface area contributed by atoms with Gasteiger partial charge in [0.15, 0.2) is 0 Å². The standard InChI is InChI=1S/C22H25N3O4S/c1-14-10-19-12-20(5-7-22(19)25(14)16(3)27)30(28,29)23-13-17-4-6-21-18(11-17)8-9-24(21)15(2)26/h4-7,11-12,14,23H,8-10,13H2,1-3H3. The maximum atomic E-state index is 12.8. The number of amides is 2. The van der Waals surface area contributed by atoms with Crippen molar-refractivity contribution in [3.05, 3.63) is 53.1 Å². The summed E-state index contributed by atoms with van der Waals surface area (Å²) in [6.45, 7) is 5.84. The van der Waals surface area contributed by atoms with Crippen LogP contribution in [-0.2, 0) is 39.0 Å². The van der Waals surface area contributed by atoms with E-state index in [9.17, 15) is 18.0 Å². The van der Waals surface area contributed by atoms with Crippen LogP contribution >= 0.6 is 0 Å². The highest BCUT2D eigenvalue weighted by molar-refractivity contribution is 7.89. The fourth-order valence-corrected chi connectivity index (χ4v) is 5.48. The van der Waals surface area contributed by atoms with Crippen LogP contribution in [-0.4, -0.2) is 32.8 Å². The van der Waals surface area contributed by atoms with Crippen molar-refractivity contribution in [3.63, 3.8) is 0 Å². The summed E-state index contributed by atoms with van der Waals surface area (Å²) in [5.41, 5.74) is 4.44. The van der Waals surface area contributed by atoms with Crippen molar-refractivity contribution in [2.45, 2.75) is 51.1 Å². The van der Waals surface area contributed by atoms with Crippen LogP contribution in [0.15, 0.2) is 41.3 Å². The van der Waals surface area contributed by atoms with E-state index in [1.54, 1.807) is 34.9 Å². The third-order valence-corrected chi connectivity index (χ3v) is 7.20. The number of hydrogen-bond acceptors (Lipinski definition) is 4. The molecule has 0 fully saturated rings. The summed E-state index contributed by atoms with van der Waals surface area (Å²) in [4.78, 5) is 27.2. The molecule has 0 spiro atoms. The summed E-state index contributed by atoms with van der Waals surface area (Å²) >= 11 is 0. The number of nitrogens with one attached hydrogen (secondary N) is 1. The van der Waals surface area contributed by atoms with Crippen LogP contribution < -0.4 is 14.5 Å². The summed E-state index contributed by atoms with van der Waals surface area (Å²) in [5.74, 6) is -0.0357. The molecule has 158 valence electrons. The first-order valence-corrected chi connectivity index (χ1v) is 11.5. The van der Waals surface area contributed by atoms with Gasteiger partial charge >= 0.3 is 0 Å². The van der Waals surface area contributed by atoms with Gasteiger partial charge in [-0.3, -0.25) is 9.59 Å². The van der Waals surface area contributed by atoms with Crippen molar-refractivity contribution in [3.8, 4) is 0 Å². The van der Waals surface area contributed by atoms with Gasteiger partial charge in [-0.1, -0.05) is 12.1 Å². The number of sulfonamides is 1. The van der Waals surface area contributed by atoms with Crippen molar-refractivity contribution >= 4 is 33.2 Å². The fourth-order valence-electron chi connectivity index (χ4n) is 4.41. The van der Waals surface area contributed by atoms with E-state index in [0.29, 0.717) is 13.0 Å². The Hall–Kier alpha value is -2.71. The minimum Gasteiger partial charge on any atom is -0.312 e. The Balaban J connectivity index is 1.51. The average molecular weight is 428 g/mol. The summed E-state index contributed by atoms with van der Waals surface area (Å²) < 4.78 is 28.3. The molecule has 2 aromatic carbocycles. The normalized spacial score (nSPS) is 17.8. The number of benzene rings is 2. The zero-order valence-corrected chi connectivity index (χ0v) is 18.1. The Morgan fingerprint density at radius 1 is 1.03 bits per heavy atom. The van der Waals surface area contributed by atoms with Gasteiger partial charge in [0.1, 0.15) is 0 Å². The highest BCUT2D eigenvalue weighted by Gasteiger charge is 2.30. The molecular weight excluding hydrogens is 402 g/mol. The molecule has 8 heteroatoms. The van der Waals surface area contributed by atoms with E-state index < -0.39 is 10.0 Å². The average Bonchev–Trinajstić information content (AvgIpc) is 3.25. The molecule has 2 aliphatic rings. The Morgan fingerprint density at radius 3 is 2.47 bits per heavy atom. The molecule has 2 aliphatic heterocycles. The summed E-state index contributed by atoms with van der Waals surface area (Å²) in [6, 6.07) is 10.6. The van der Waals surface area contributed by atoms with Crippen LogP contribution in [0.1, 0.15) is 37.5 Å². The van der Waals surface area contributed by atoms with Gasteiger partial charge in [-0.15, -0.1) is 0 Å². The largest absolute Gasteiger partial charge is 0.312 e. The molecule has 0 saturated heterocycles. The zero-order valence-electron chi connectivity index (χ0n) is 17.3. The molecule has 30 heavy (non-hydrogen) atoms. The lowest BCUT2D eigenvalue weighted by Crippen LogP contribution is -2.33. The molecule has 0 radical (unpaired) electrons. The number of nitrogens with zero attached hydrogens (tertiary/aromatic N) is 2. The Morgan fingerprint density at radius 2 is 1.77 bits per heavy atom. The fraction of sp³-hybridized carbons (Fsp3) is 0.364. The molecule has 0 aromatic heterocycles. The number of anilines is 2. The van der Waals surface area contributed by atoms with Crippen molar-refractivity contribution in [1.29, 1.82) is 0 Å². The highest BCUT2D eigenvalue weighted by atomic mass is 32.2. The third-order valence-electron chi connectivity index (χ3n) is 5.80. The van der Waals surface area contributed by atoms with Gasteiger partial charge in [-0.05, 0) is 60.7 Å². The Kier molecular flexibility index (Phi) is 5.15. The van der Waals surface area contributed by atoms with E-state index >= 15 is 0 Å². The SMILES string of the molecule is CC(=O)N1CCc2cc(CNS(=O)(=O)c3ccc4c(c3)CC(C)N4C(C)=O)ccc21. The third kappa shape index (κ3) is 3.61. The van der Waals surface area contributed by atoms with Crippen LogP contribution in [0, 0.1) is 0 Å². The van der Waals surface area contributed by atoms with E-state index in [0.717, 1.165) is 34.5 Å². The molecule has 0 bridgehead atoms. The van der Waals surface area contributed by atoms with Gasteiger partial charge in [0, 0.05) is 44.4 Å². The molecule has 2 heterocycles. The maximum absolute atomic E-state index is 12.8. The van der Waals surface area contributed by atoms with Crippen LogP contribution in [0.3, 0.4) is 0 Å². The van der Waals surface area contributed by atoms with Gasteiger partial charge in [-0.25, -0.2) is 13.1 Å². The molecule has 1 unspecified atom stereocenters. The second kappa shape index (κ2) is 7.52. The quantitative estimate of drug-likeness (QED) is 0.812. The van der Waals surface area contributed by atoms with Gasteiger partial charge in [0.25, 0.3) is 0 Å². The maximum Gasteiger partial charge on any atom is 0.240 e. The van der Waals surface area contributed by atoms with E-state index in [2.05, 4.69) is 4.72 Å². The van der Waals surface area contributed by atoms with E-state index in [1.165, 1.54) is 6.92 Å². The molecular formula is C22H25N3O4S. The lowest BCUT2D eigenvalue weighted by molar-refractivity contribution is -0.117. The van der Waals surface area contributed by atoms with Gasteiger partial charge in [0.2, 0.25) is 21.8 Å². The molecule has 0 saturated carbocycles. The first kappa shape index (κ1) is 20.6. The number of fused-ring (bicyclic) bond motifs is 2. The molecule has 2 aromatic rings. The van der Waals surface area contributed by atoms with E-state index in [-0.39, 0.29) is 29.3 Å². The zero-order chi connectivity index (χ0) is 21.6. The lowest BCUT2D eigenvalue weighted by atomic mass is 10.1. The summed E-state index contributed by atoms with van der Waals surface area (Å²) in [5, 5.41) is 0. The monoisotopic (exact) mass is 427 g/mol. The number of carbonyl (C=O) groups is 2. The van der Waals surface area contributed by atoms with Crippen LogP contribution in [0.25, 0.3) is 0 Å². The second-order valence-electron chi connectivity index (χ2n) is 7.94. The molecule has 7 nitrogen and oxygen atoms in total. The van der Waals surface area contributed by atoms with Crippen LogP contribution in [0.4, 0.5) is 11.4 Å². The molecule has 1 N–H and O–H groups in total. The number of hydrogen-bond donors (Lipinski definition) is 1. The van der Waals surface area contributed by atoms with Crippen molar-refractivity contribution < 1.29 is 18.0 Å². The Labute approximate surface area is 176 Å². The van der Waals surface area contributed by atoms with Crippen molar-refractivity contribution in [2.75, 3.05) is 16.3 Å². The molecule has 2 amide bonds. The first-order valence-electron chi connectivity index (χ1n) is 9.99. The van der Waals surface area contributed by atoms with Crippen molar-refractivity contribution in [1.82, 2.24) is 4.72 Å². The van der Waals surface area contributed by atoms with Crippen LogP contribution in [0.5, 0.6) is 0 Å². The van der Waals surface area contributed by atoms with E-state index in [1.807, 2.05) is 25.1 Å². The minimum absolute atomic E-state index is 0.0106. The van der Waals surface area contributed by atoms with Crippen LogP contribution in [0.2, 0.25) is 0 Å².